The molecule has 1 unspecified atom stereocenters. The van der Waals surface area contributed by atoms with Crippen LogP contribution in [0, 0.1) is 0 Å². The van der Waals surface area contributed by atoms with Crippen LogP contribution in [-0.2, 0) is 32.0 Å². The number of aliphatic carboxylic acids is 2. The molecule has 2 atom stereocenters. The van der Waals surface area contributed by atoms with Gasteiger partial charge in [0.15, 0.2) is 0 Å². The number of nitrogens with two attached hydrogens (primary N) is 1. The highest BCUT2D eigenvalue weighted by Gasteiger charge is 2.54. The molecular formula is C20H20N6O6S2. The zero-order valence-corrected chi connectivity index (χ0v) is 19.2. The number of nitrogens with one attached hydrogen (secondary N) is 2. The van der Waals surface area contributed by atoms with Gasteiger partial charge in [-0.15, -0.1) is 16.9 Å². The van der Waals surface area contributed by atoms with Crippen LogP contribution in [-0.4, -0.2) is 77.0 Å². The normalized spacial score (nSPS) is 19.4. The number of hydrogen-bond acceptors (Lipinski definition) is 9. The van der Waals surface area contributed by atoms with Crippen molar-refractivity contribution in [2.24, 2.45) is 0 Å². The average molecular weight is 505 g/mol. The lowest BCUT2D eigenvalue weighted by molar-refractivity contribution is -0.150. The molecule has 1 fully saturated rings. The number of rotatable bonds is 9. The highest BCUT2D eigenvalue weighted by atomic mass is 32.2. The highest BCUT2D eigenvalue weighted by Crippen LogP contribution is 2.41. The number of thioether (sulfide) groups is 2. The number of aromatic amines is 1. The second-order valence-corrected chi connectivity index (χ2v) is 9.56. The number of carboxylic acid groups (broad SMARTS) is 2. The van der Waals surface area contributed by atoms with E-state index >= 15 is 0 Å². The Hall–Kier alpha value is -3.52. The Morgan fingerprint density at radius 2 is 2.03 bits per heavy atom. The van der Waals surface area contributed by atoms with Crippen molar-refractivity contribution < 1.29 is 29.4 Å². The number of H-pyrrole nitrogens is 1. The summed E-state index contributed by atoms with van der Waals surface area (Å²) in [6, 6.07) is 6.12. The summed E-state index contributed by atoms with van der Waals surface area (Å²) >= 11 is 2.50. The predicted octanol–water partition coefficient (Wildman–Crippen LogP) is 0.0874. The number of nitrogens with zero attached hydrogens (tertiary/aromatic N) is 3. The number of nitrogen functional groups attached to an aromatic ring is 1. The van der Waals surface area contributed by atoms with Crippen molar-refractivity contribution in [3.05, 3.63) is 46.9 Å². The van der Waals surface area contributed by atoms with E-state index in [4.69, 9.17) is 10.8 Å². The van der Waals surface area contributed by atoms with E-state index in [1.54, 1.807) is 24.3 Å². The molecule has 2 amide bonds. The van der Waals surface area contributed by atoms with E-state index in [1.807, 2.05) is 0 Å². The number of fused-ring (bicyclic) bond motifs is 1. The fraction of sp³-hybridized carbons (Fsp3) is 0.300. The number of carbonyl (C=O) groups excluding carboxylic acids is 2. The molecule has 1 aromatic heterocycles. The molecule has 2 aliphatic heterocycles. The first-order valence-electron chi connectivity index (χ1n) is 10.0. The summed E-state index contributed by atoms with van der Waals surface area (Å²) in [5.41, 5.74) is 7.39. The number of carboxylic acids is 2. The molecule has 4 rings (SSSR count). The van der Waals surface area contributed by atoms with E-state index in [2.05, 4.69) is 20.5 Å². The van der Waals surface area contributed by atoms with Crippen LogP contribution in [0.25, 0.3) is 0 Å². The van der Waals surface area contributed by atoms with Gasteiger partial charge in [-0.05, 0) is 17.2 Å². The summed E-state index contributed by atoms with van der Waals surface area (Å²) in [7, 11) is 0. The second-order valence-electron chi connectivity index (χ2n) is 7.51. The van der Waals surface area contributed by atoms with Gasteiger partial charge in [0.1, 0.15) is 29.4 Å². The van der Waals surface area contributed by atoms with E-state index in [0.717, 1.165) is 11.8 Å². The summed E-state index contributed by atoms with van der Waals surface area (Å²) in [6.07, 6.45) is -0.293. The summed E-state index contributed by atoms with van der Waals surface area (Å²) in [4.78, 5) is 53.2. The van der Waals surface area contributed by atoms with E-state index < -0.39 is 29.3 Å². The summed E-state index contributed by atoms with van der Waals surface area (Å²) in [5, 5.41) is 27.5. The lowest BCUT2D eigenvalue weighted by atomic mass is 10.0. The third kappa shape index (κ3) is 4.87. The molecule has 1 saturated heterocycles. The van der Waals surface area contributed by atoms with Crippen LogP contribution in [0.1, 0.15) is 11.4 Å². The monoisotopic (exact) mass is 504 g/mol. The number of benzene rings is 1. The van der Waals surface area contributed by atoms with Gasteiger partial charge in [-0.1, -0.05) is 30.0 Å². The zero-order chi connectivity index (χ0) is 24.4. The fourth-order valence-electron chi connectivity index (χ4n) is 3.60. The maximum atomic E-state index is 12.8. The first-order chi connectivity index (χ1) is 16.2. The number of para-hydroxylation sites is 1. The van der Waals surface area contributed by atoms with Gasteiger partial charge in [0.2, 0.25) is 11.1 Å². The van der Waals surface area contributed by atoms with Gasteiger partial charge >= 0.3 is 11.9 Å². The molecule has 6 N–H and O–H groups in total. The van der Waals surface area contributed by atoms with E-state index in [9.17, 15) is 24.3 Å². The molecule has 2 aliphatic rings. The maximum Gasteiger partial charge on any atom is 0.352 e. The number of β-lactam (4-membered cyclic amide) rings is 1. The van der Waals surface area contributed by atoms with Gasteiger partial charge in [-0.25, -0.2) is 9.78 Å². The van der Waals surface area contributed by atoms with Crippen LogP contribution in [0.15, 0.2) is 40.7 Å². The summed E-state index contributed by atoms with van der Waals surface area (Å²) in [6.45, 7) is 0. The van der Waals surface area contributed by atoms with Crippen LogP contribution in [0.4, 0.5) is 5.69 Å². The molecule has 0 saturated carbocycles. The van der Waals surface area contributed by atoms with E-state index in [-0.39, 0.29) is 41.2 Å². The first-order valence-corrected chi connectivity index (χ1v) is 12.1. The van der Waals surface area contributed by atoms with Gasteiger partial charge in [0.05, 0.1) is 6.42 Å². The zero-order valence-electron chi connectivity index (χ0n) is 17.6. The number of aromatic nitrogens is 3. The quantitative estimate of drug-likeness (QED) is 0.177. The SMILES string of the molecule is Nc1ccccc1CC(=O)NC1C(=O)N2C(C(=O)O)=C(CSc3n[nH]c(CC(=O)O)n3)CS[C@H]12. The van der Waals surface area contributed by atoms with Crippen molar-refractivity contribution in [3.8, 4) is 0 Å². The molecule has 2 aromatic rings. The average Bonchev–Trinajstić information content (AvgIpc) is 3.23. The molecule has 14 heteroatoms. The third-order valence-corrected chi connectivity index (χ3v) is 7.45. The number of anilines is 1. The minimum atomic E-state index is -1.24. The molecule has 0 radical (unpaired) electrons. The molecule has 3 heterocycles. The van der Waals surface area contributed by atoms with Crippen LogP contribution in [0.5, 0.6) is 0 Å². The Morgan fingerprint density at radius 3 is 2.74 bits per heavy atom. The fourth-order valence-corrected chi connectivity index (χ4v) is 5.91. The Balaban J connectivity index is 1.41. The predicted molar refractivity (Wildman–Crippen MR) is 123 cm³/mol. The number of carbonyl (C=O) groups is 4. The topological polar surface area (TPSA) is 192 Å². The lowest BCUT2D eigenvalue weighted by Gasteiger charge is -2.49. The van der Waals surface area contributed by atoms with E-state index in [1.165, 1.54) is 16.7 Å². The number of amides is 2. The highest BCUT2D eigenvalue weighted by molar-refractivity contribution is 8.01. The molecule has 0 bridgehead atoms. The minimum Gasteiger partial charge on any atom is -0.481 e. The summed E-state index contributed by atoms with van der Waals surface area (Å²) < 4.78 is 0. The smallest absolute Gasteiger partial charge is 0.352 e. The Bertz CT molecular complexity index is 1200. The standard InChI is InChI=1S/C20H20N6O6S2/c21-11-4-2-1-3-9(11)5-13(27)23-15-17(30)26-16(19(31)32)10(7-33-18(15)26)8-34-20-22-12(24-25-20)6-14(28)29/h1-4,15,18H,5-8,21H2,(H,23,27)(H,28,29)(H,31,32)(H,22,24,25)/t15?,18-/m1/s1. The van der Waals surface area contributed by atoms with Gasteiger partial charge in [-0.3, -0.25) is 24.4 Å². The van der Waals surface area contributed by atoms with Gasteiger partial charge in [-0.2, -0.15) is 0 Å². The minimum absolute atomic E-state index is 0.0118. The molecule has 12 nitrogen and oxygen atoms in total. The third-order valence-electron chi connectivity index (χ3n) is 5.18. The first kappa shape index (κ1) is 23.6. The van der Waals surface area contributed by atoms with Crippen molar-refractivity contribution in [2.75, 3.05) is 17.2 Å². The Kier molecular flexibility index (Phi) is 6.79. The second kappa shape index (κ2) is 9.77. The molecule has 34 heavy (non-hydrogen) atoms. The van der Waals surface area contributed by atoms with Crippen molar-refractivity contribution in [1.29, 1.82) is 0 Å². The molecule has 0 aliphatic carbocycles. The van der Waals surface area contributed by atoms with Crippen molar-refractivity contribution in [1.82, 2.24) is 25.4 Å². The lowest BCUT2D eigenvalue weighted by Crippen LogP contribution is -2.70. The largest absolute Gasteiger partial charge is 0.481 e. The van der Waals surface area contributed by atoms with Gasteiger partial charge < -0.3 is 21.3 Å². The molecule has 1 aromatic carbocycles. The molecule has 0 spiro atoms. The molecule has 178 valence electrons. The maximum absolute atomic E-state index is 12.8. The van der Waals surface area contributed by atoms with Crippen LogP contribution >= 0.6 is 23.5 Å². The van der Waals surface area contributed by atoms with Crippen LogP contribution in [0.3, 0.4) is 0 Å². The van der Waals surface area contributed by atoms with Gasteiger partial charge in [0, 0.05) is 17.2 Å². The Labute approximate surface area is 201 Å². The van der Waals surface area contributed by atoms with Crippen molar-refractivity contribution in [2.45, 2.75) is 29.4 Å². The van der Waals surface area contributed by atoms with Crippen LogP contribution in [0.2, 0.25) is 0 Å². The van der Waals surface area contributed by atoms with Crippen molar-refractivity contribution in [3.63, 3.8) is 0 Å². The number of hydrogen-bond donors (Lipinski definition) is 5. The van der Waals surface area contributed by atoms with Crippen molar-refractivity contribution >= 4 is 53.0 Å². The summed E-state index contributed by atoms with van der Waals surface area (Å²) in [5.74, 6) is -2.42. The van der Waals surface area contributed by atoms with Gasteiger partial charge in [0.25, 0.3) is 5.91 Å². The Morgan fingerprint density at radius 1 is 1.26 bits per heavy atom. The molecular weight excluding hydrogens is 484 g/mol. The van der Waals surface area contributed by atoms with E-state index in [0.29, 0.717) is 22.6 Å². The van der Waals surface area contributed by atoms with Crippen LogP contribution < -0.4 is 11.1 Å².